The quantitative estimate of drug-likeness (QED) is 0.651. The first-order valence-electron chi connectivity index (χ1n) is 10.2. The Morgan fingerprint density at radius 2 is 1.76 bits per heavy atom. The molecule has 4 aliphatic carbocycles. The van der Waals surface area contributed by atoms with Crippen LogP contribution in [0.4, 0.5) is 4.39 Å². The lowest BCUT2D eigenvalue weighted by Gasteiger charge is -2.57. The maximum absolute atomic E-state index is 15.2. The van der Waals surface area contributed by atoms with Gasteiger partial charge in [0.2, 0.25) is 0 Å². The topological polar surface area (TPSA) is 37.3 Å². The van der Waals surface area contributed by atoms with Crippen molar-refractivity contribution in [1.82, 2.24) is 0 Å². The van der Waals surface area contributed by atoms with Gasteiger partial charge in [0, 0.05) is 5.92 Å². The van der Waals surface area contributed by atoms with Gasteiger partial charge in [-0.3, -0.25) is 4.79 Å². The number of aliphatic hydroxyl groups is 1. The largest absolute Gasteiger partial charge is 0.390 e. The van der Waals surface area contributed by atoms with Gasteiger partial charge in [0.25, 0.3) is 0 Å². The molecular formula is C21H32BrFO2. The summed E-state index contributed by atoms with van der Waals surface area (Å²) < 4.78 is 15.2. The van der Waals surface area contributed by atoms with E-state index in [2.05, 4.69) is 22.9 Å². The van der Waals surface area contributed by atoms with E-state index >= 15 is 4.39 Å². The van der Waals surface area contributed by atoms with Crippen LogP contribution < -0.4 is 0 Å². The zero-order valence-electron chi connectivity index (χ0n) is 15.5. The fraction of sp³-hybridized carbons (Fsp3) is 0.952. The van der Waals surface area contributed by atoms with E-state index in [-0.39, 0.29) is 17.3 Å². The standard InChI is InChI=1S/C21H32BrFO2/c1-20(25)7-5-13-12-6-8-21(2)16(3-4-17(21)19(24)11-22)14(12)9-18(23)15(13)10-20/h12-18,25H,3-11H2,1-2H3/t12-,13?,14?,15+,16+,17?,18?,20-,21+/m1/s1. The van der Waals surface area contributed by atoms with E-state index in [9.17, 15) is 9.90 Å². The molecule has 25 heavy (non-hydrogen) atoms. The molecule has 2 nitrogen and oxygen atoms in total. The van der Waals surface area contributed by atoms with E-state index in [1.54, 1.807) is 0 Å². The van der Waals surface area contributed by atoms with Crippen molar-refractivity contribution in [3.63, 3.8) is 0 Å². The summed E-state index contributed by atoms with van der Waals surface area (Å²) in [7, 11) is 0. The second-order valence-corrected chi connectivity index (χ2v) is 10.6. The number of hydrogen-bond donors (Lipinski definition) is 1. The summed E-state index contributed by atoms with van der Waals surface area (Å²) in [5, 5.41) is 10.9. The molecule has 1 N–H and O–H groups in total. The van der Waals surface area contributed by atoms with Crippen LogP contribution in [0.15, 0.2) is 0 Å². The lowest BCUT2D eigenvalue weighted by Crippen LogP contribution is -2.54. The Labute approximate surface area is 159 Å². The third-order valence-corrected chi connectivity index (χ3v) is 9.32. The number of halogens is 2. The van der Waals surface area contributed by atoms with Crippen LogP contribution in [0.3, 0.4) is 0 Å². The zero-order chi connectivity index (χ0) is 18.0. The zero-order valence-corrected chi connectivity index (χ0v) is 17.1. The molecule has 0 radical (unpaired) electrons. The Morgan fingerprint density at radius 3 is 2.48 bits per heavy atom. The molecule has 4 aliphatic rings. The molecule has 9 atom stereocenters. The highest BCUT2D eigenvalue weighted by Gasteiger charge is 2.60. The maximum Gasteiger partial charge on any atom is 0.147 e. The Morgan fingerprint density at radius 1 is 1.08 bits per heavy atom. The van der Waals surface area contributed by atoms with Gasteiger partial charge in [0.05, 0.1) is 10.9 Å². The van der Waals surface area contributed by atoms with Crippen LogP contribution in [0, 0.1) is 40.9 Å². The molecule has 0 saturated heterocycles. The number of carbonyl (C=O) groups excluding carboxylic acids is 1. The predicted molar refractivity (Wildman–Crippen MR) is 100 cm³/mol. The second-order valence-electron chi connectivity index (χ2n) is 10.0. The first kappa shape index (κ1) is 18.4. The van der Waals surface area contributed by atoms with Crippen molar-refractivity contribution in [3.8, 4) is 0 Å². The van der Waals surface area contributed by atoms with Crippen LogP contribution in [-0.2, 0) is 4.79 Å². The van der Waals surface area contributed by atoms with E-state index in [0.29, 0.717) is 47.6 Å². The van der Waals surface area contributed by atoms with Crippen molar-refractivity contribution in [2.45, 2.75) is 77.0 Å². The van der Waals surface area contributed by atoms with Gasteiger partial charge in [-0.05, 0) is 93.3 Å². The van der Waals surface area contributed by atoms with Crippen LogP contribution in [0.1, 0.15) is 65.2 Å². The molecule has 0 aromatic rings. The summed E-state index contributed by atoms with van der Waals surface area (Å²) in [6.07, 6.45) is 6.69. The first-order chi connectivity index (χ1) is 11.8. The monoisotopic (exact) mass is 414 g/mol. The van der Waals surface area contributed by atoms with Gasteiger partial charge in [-0.25, -0.2) is 4.39 Å². The number of fused-ring (bicyclic) bond motifs is 5. The Kier molecular flexibility index (Phi) is 4.63. The van der Waals surface area contributed by atoms with E-state index in [4.69, 9.17) is 0 Å². The molecule has 0 spiro atoms. The van der Waals surface area contributed by atoms with Gasteiger partial charge in [0.1, 0.15) is 12.0 Å². The first-order valence-corrected chi connectivity index (χ1v) is 11.3. The van der Waals surface area contributed by atoms with Crippen molar-refractivity contribution < 1.29 is 14.3 Å². The maximum atomic E-state index is 15.2. The highest BCUT2D eigenvalue weighted by Crippen LogP contribution is 2.65. The summed E-state index contributed by atoms with van der Waals surface area (Å²) in [6.45, 7) is 4.20. The predicted octanol–water partition coefficient (Wildman–Crippen LogP) is 4.92. The van der Waals surface area contributed by atoms with E-state index < -0.39 is 11.8 Å². The van der Waals surface area contributed by atoms with E-state index in [0.717, 1.165) is 38.5 Å². The minimum Gasteiger partial charge on any atom is -0.390 e. The minimum absolute atomic E-state index is 0.0516. The highest BCUT2D eigenvalue weighted by atomic mass is 79.9. The van der Waals surface area contributed by atoms with Crippen LogP contribution in [0.2, 0.25) is 0 Å². The van der Waals surface area contributed by atoms with Crippen molar-refractivity contribution in [1.29, 1.82) is 0 Å². The molecule has 4 unspecified atom stereocenters. The van der Waals surface area contributed by atoms with Crippen LogP contribution in [0.5, 0.6) is 0 Å². The van der Waals surface area contributed by atoms with Crippen molar-refractivity contribution in [2.24, 2.45) is 40.9 Å². The average Bonchev–Trinajstić information content (AvgIpc) is 2.91. The van der Waals surface area contributed by atoms with Gasteiger partial charge in [-0.15, -0.1) is 0 Å². The third kappa shape index (κ3) is 2.85. The molecule has 0 amide bonds. The normalized spacial score (nSPS) is 55.2. The lowest BCUT2D eigenvalue weighted by atomic mass is 9.48. The average molecular weight is 415 g/mol. The molecule has 0 aliphatic heterocycles. The summed E-state index contributed by atoms with van der Waals surface area (Å²) in [5.74, 6) is 2.60. The number of Topliss-reactive ketones (excluding diaryl/α,β-unsaturated/α-hetero) is 1. The smallest absolute Gasteiger partial charge is 0.147 e. The SMILES string of the molecule is C[C@@]1(O)CCC2[C@H](C1)C(F)CC1[C@@H]2CC[C@]2(C)C(C(=O)CBr)CC[C@@H]12. The molecule has 142 valence electrons. The Hall–Kier alpha value is 0.0400. The number of alkyl halides is 2. The van der Waals surface area contributed by atoms with E-state index in [1.165, 1.54) is 0 Å². The van der Waals surface area contributed by atoms with E-state index in [1.807, 2.05) is 6.92 Å². The molecule has 4 fully saturated rings. The number of rotatable bonds is 2. The fourth-order valence-electron chi connectivity index (χ4n) is 7.62. The second kappa shape index (κ2) is 6.29. The molecule has 0 heterocycles. The Bertz CT molecular complexity index is 550. The molecule has 0 aromatic heterocycles. The molecule has 0 bridgehead atoms. The van der Waals surface area contributed by atoms with Gasteiger partial charge in [-0.2, -0.15) is 0 Å². The summed E-state index contributed by atoms with van der Waals surface area (Å²) in [6, 6.07) is 0. The van der Waals surface area contributed by atoms with Crippen LogP contribution in [0.25, 0.3) is 0 Å². The molecular weight excluding hydrogens is 383 g/mol. The minimum atomic E-state index is -0.772. The van der Waals surface area contributed by atoms with Crippen molar-refractivity contribution in [2.75, 3.05) is 5.33 Å². The lowest BCUT2D eigenvalue weighted by molar-refractivity contribution is -0.137. The van der Waals surface area contributed by atoms with Crippen LogP contribution >= 0.6 is 15.9 Å². The van der Waals surface area contributed by atoms with Crippen molar-refractivity contribution in [3.05, 3.63) is 0 Å². The summed E-state index contributed by atoms with van der Waals surface area (Å²) >= 11 is 3.37. The summed E-state index contributed by atoms with van der Waals surface area (Å²) in [4.78, 5) is 12.4. The molecule has 4 rings (SSSR count). The van der Waals surface area contributed by atoms with Crippen molar-refractivity contribution >= 4 is 21.7 Å². The molecule has 4 saturated carbocycles. The fourth-order valence-corrected chi connectivity index (χ4v) is 8.02. The Balaban J connectivity index is 1.58. The van der Waals surface area contributed by atoms with Gasteiger partial charge >= 0.3 is 0 Å². The highest BCUT2D eigenvalue weighted by molar-refractivity contribution is 9.09. The third-order valence-electron chi connectivity index (χ3n) is 8.77. The number of ketones is 1. The number of hydrogen-bond acceptors (Lipinski definition) is 2. The van der Waals surface area contributed by atoms with Gasteiger partial charge in [-0.1, -0.05) is 22.9 Å². The van der Waals surface area contributed by atoms with Gasteiger partial charge < -0.3 is 5.11 Å². The molecule has 4 heteroatoms. The molecule has 0 aromatic carbocycles. The van der Waals surface area contributed by atoms with Crippen LogP contribution in [-0.4, -0.2) is 28.0 Å². The number of carbonyl (C=O) groups is 1. The van der Waals surface area contributed by atoms with Gasteiger partial charge in [0.15, 0.2) is 0 Å². The summed E-state index contributed by atoms with van der Waals surface area (Å²) in [5.41, 5.74) is -0.596.